The molecule has 1 heterocycles. The Balaban J connectivity index is 2.23. The van der Waals surface area contributed by atoms with Crippen LogP contribution < -0.4 is 11.3 Å². The maximum atomic E-state index is 13.5. The number of hydrogen-bond acceptors (Lipinski definition) is 4. The Hall–Kier alpha value is -1.92. The Bertz CT molecular complexity index is 519. The van der Waals surface area contributed by atoms with E-state index < -0.39 is 17.7 Å². The Morgan fingerprint density at radius 3 is 2.61 bits per heavy atom. The highest BCUT2D eigenvalue weighted by Gasteiger charge is 2.15. The molecule has 6 heteroatoms. The summed E-state index contributed by atoms with van der Waals surface area (Å²) in [6.45, 7) is 0. The first-order valence-electron chi connectivity index (χ1n) is 5.37. The van der Waals surface area contributed by atoms with Gasteiger partial charge in [0.2, 0.25) is 0 Å². The van der Waals surface area contributed by atoms with Crippen LogP contribution in [0.25, 0.3) is 0 Å². The zero-order chi connectivity index (χ0) is 13.0. The Kier molecular flexibility index (Phi) is 3.91. The van der Waals surface area contributed by atoms with Crippen LogP contribution in [0.4, 0.5) is 8.78 Å². The summed E-state index contributed by atoms with van der Waals surface area (Å²) in [4.78, 5) is 8.06. The van der Waals surface area contributed by atoms with Gasteiger partial charge < -0.3 is 0 Å². The maximum Gasteiger partial charge on any atom is 0.146 e. The molecule has 18 heavy (non-hydrogen) atoms. The lowest BCUT2D eigenvalue weighted by Crippen LogP contribution is -2.31. The van der Waals surface area contributed by atoms with Crippen molar-refractivity contribution in [2.75, 3.05) is 0 Å². The maximum absolute atomic E-state index is 13.5. The van der Waals surface area contributed by atoms with E-state index >= 15 is 0 Å². The molecule has 0 radical (unpaired) electrons. The van der Waals surface area contributed by atoms with E-state index in [9.17, 15) is 8.78 Å². The number of halogens is 2. The van der Waals surface area contributed by atoms with Crippen LogP contribution in [0.5, 0.6) is 0 Å². The van der Waals surface area contributed by atoms with Crippen molar-refractivity contribution < 1.29 is 8.78 Å². The van der Waals surface area contributed by atoms with Crippen molar-refractivity contribution in [1.29, 1.82) is 0 Å². The van der Waals surface area contributed by atoms with Crippen molar-refractivity contribution in [3.63, 3.8) is 0 Å². The number of hydrazine groups is 1. The largest absolute Gasteiger partial charge is 0.271 e. The van der Waals surface area contributed by atoms with Gasteiger partial charge in [-0.25, -0.2) is 24.2 Å². The SMILES string of the molecule is NNC(Cc1cc(F)ccc1F)c1ncccn1. The minimum absolute atomic E-state index is 0.171. The normalized spacial score (nSPS) is 12.4. The molecule has 0 aliphatic heterocycles. The van der Waals surface area contributed by atoms with Crippen LogP contribution in [0.2, 0.25) is 0 Å². The lowest BCUT2D eigenvalue weighted by molar-refractivity contribution is 0.502. The summed E-state index contributed by atoms with van der Waals surface area (Å²) in [7, 11) is 0. The van der Waals surface area contributed by atoms with Crippen LogP contribution >= 0.6 is 0 Å². The fourth-order valence-corrected chi connectivity index (χ4v) is 1.63. The third-order valence-corrected chi connectivity index (χ3v) is 2.53. The van der Waals surface area contributed by atoms with Crippen LogP contribution in [0.3, 0.4) is 0 Å². The molecule has 0 amide bonds. The number of nitrogens with two attached hydrogens (primary N) is 1. The number of rotatable bonds is 4. The third kappa shape index (κ3) is 2.85. The minimum Gasteiger partial charge on any atom is -0.271 e. The van der Waals surface area contributed by atoms with Gasteiger partial charge in [-0.15, -0.1) is 0 Å². The molecule has 0 bridgehead atoms. The molecule has 1 unspecified atom stereocenters. The highest BCUT2D eigenvalue weighted by molar-refractivity contribution is 5.20. The highest BCUT2D eigenvalue weighted by Crippen LogP contribution is 2.17. The van der Waals surface area contributed by atoms with Crippen LogP contribution in [-0.2, 0) is 6.42 Å². The molecular weight excluding hydrogens is 238 g/mol. The van der Waals surface area contributed by atoms with E-state index in [2.05, 4.69) is 15.4 Å². The average molecular weight is 250 g/mol. The van der Waals surface area contributed by atoms with E-state index in [1.165, 1.54) is 0 Å². The molecule has 0 aliphatic rings. The number of nitrogens with zero attached hydrogens (tertiary/aromatic N) is 2. The summed E-state index contributed by atoms with van der Waals surface area (Å²) in [6, 6.07) is 4.50. The number of hydrogen-bond donors (Lipinski definition) is 2. The molecule has 1 aromatic heterocycles. The lowest BCUT2D eigenvalue weighted by Gasteiger charge is -2.14. The molecular formula is C12H12F2N4. The second-order valence-corrected chi connectivity index (χ2v) is 3.77. The summed E-state index contributed by atoms with van der Waals surface area (Å²) in [5, 5.41) is 0. The van der Waals surface area contributed by atoms with Gasteiger partial charge in [0.25, 0.3) is 0 Å². The predicted octanol–water partition coefficient (Wildman–Crippen LogP) is 1.50. The van der Waals surface area contributed by atoms with Gasteiger partial charge in [-0.2, -0.15) is 0 Å². The van der Waals surface area contributed by atoms with Crippen molar-refractivity contribution in [3.8, 4) is 0 Å². The quantitative estimate of drug-likeness (QED) is 0.637. The molecule has 3 N–H and O–H groups in total. The summed E-state index contributed by atoms with van der Waals surface area (Å²) < 4.78 is 26.6. The zero-order valence-corrected chi connectivity index (χ0v) is 9.48. The molecule has 1 atom stereocenters. The average Bonchev–Trinajstić information content (AvgIpc) is 2.41. The van der Waals surface area contributed by atoms with Crippen molar-refractivity contribution >= 4 is 0 Å². The van der Waals surface area contributed by atoms with Crippen molar-refractivity contribution in [2.45, 2.75) is 12.5 Å². The standard InChI is InChI=1S/C12H12F2N4/c13-9-2-3-10(14)8(6-9)7-11(18-15)12-16-4-1-5-17-12/h1-6,11,18H,7,15H2. The van der Waals surface area contributed by atoms with Crippen molar-refractivity contribution in [3.05, 3.63) is 59.7 Å². The van der Waals surface area contributed by atoms with Gasteiger partial charge in [0.1, 0.15) is 17.5 Å². The summed E-state index contributed by atoms with van der Waals surface area (Å²) >= 11 is 0. The van der Waals surface area contributed by atoms with E-state index in [1.54, 1.807) is 18.5 Å². The van der Waals surface area contributed by atoms with Crippen molar-refractivity contribution in [2.24, 2.45) is 5.84 Å². The fraction of sp³-hybridized carbons (Fsp3) is 0.167. The molecule has 0 saturated carbocycles. The number of nitrogens with one attached hydrogen (secondary N) is 1. The first-order chi connectivity index (χ1) is 8.70. The van der Waals surface area contributed by atoms with Gasteiger partial charge in [-0.1, -0.05) is 0 Å². The van der Waals surface area contributed by atoms with Crippen LogP contribution in [0, 0.1) is 11.6 Å². The van der Waals surface area contributed by atoms with Crippen LogP contribution in [-0.4, -0.2) is 9.97 Å². The Labute approximate surface area is 103 Å². The summed E-state index contributed by atoms with van der Waals surface area (Å²) in [5.41, 5.74) is 2.73. The first-order valence-corrected chi connectivity index (χ1v) is 5.37. The molecule has 94 valence electrons. The van der Waals surface area contributed by atoms with Gasteiger partial charge >= 0.3 is 0 Å². The molecule has 0 fully saturated rings. The van der Waals surface area contributed by atoms with E-state index in [4.69, 9.17) is 5.84 Å². The first kappa shape index (κ1) is 12.5. The van der Waals surface area contributed by atoms with Gasteiger partial charge in [-0.05, 0) is 36.2 Å². The van der Waals surface area contributed by atoms with E-state index in [0.717, 1.165) is 18.2 Å². The number of aromatic nitrogens is 2. The molecule has 0 spiro atoms. The lowest BCUT2D eigenvalue weighted by atomic mass is 10.0. The molecule has 2 rings (SSSR count). The Morgan fingerprint density at radius 1 is 1.22 bits per heavy atom. The second kappa shape index (κ2) is 5.61. The Morgan fingerprint density at radius 2 is 1.94 bits per heavy atom. The van der Waals surface area contributed by atoms with E-state index in [0.29, 0.717) is 5.82 Å². The van der Waals surface area contributed by atoms with Crippen molar-refractivity contribution in [1.82, 2.24) is 15.4 Å². The van der Waals surface area contributed by atoms with Crippen LogP contribution in [0.1, 0.15) is 17.4 Å². The van der Waals surface area contributed by atoms with E-state index in [1.807, 2.05) is 0 Å². The van der Waals surface area contributed by atoms with Gasteiger partial charge in [0, 0.05) is 12.4 Å². The molecule has 4 nitrogen and oxygen atoms in total. The molecule has 0 aliphatic carbocycles. The fourth-order valence-electron chi connectivity index (χ4n) is 1.63. The molecule has 2 aromatic rings. The van der Waals surface area contributed by atoms with Crippen LogP contribution in [0.15, 0.2) is 36.7 Å². The van der Waals surface area contributed by atoms with Gasteiger partial charge in [0.15, 0.2) is 0 Å². The topological polar surface area (TPSA) is 63.8 Å². The molecule has 0 saturated heterocycles. The monoisotopic (exact) mass is 250 g/mol. The predicted molar refractivity (Wildman–Crippen MR) is 62.2 cm³/mol. The smallest absolute Gasteiger partial charge is 0.146 e. The number of benzene rings is 1. The van der Waals surface area contributed by atoms with E-state index in [-0.39, 0.29) is 12.0 Å². The van der Waals surface area contributed by atoms with Gasteiger partial charge in [0.05, 0.1) is 6.04 Å². The summed E-state index contributed by atoms with van der Waals surface area (Å²) in [5.74, 6) is 4.86. The van der Waals surface area contributed by atoms with Gasteiger partial charge in [-0.3, -0.25) is 5.84 Å². The minimum atomic E-state index is -0.490. The molecule has 1 aromatic carbocycles. The second-order valence-electron chi connectivity index (χ2n) is 3.77. The third-order valence-electron chi connectivity index (χ3n) is 2.53. The zero-order valence-electron chi connectivity index (χ0n) is 9.48. The summed E-state index contributed by atoms with van der Waals surface area (Å²) in [6.07, 6.45) is 3.30. The highest BCUT2D eigenvalue weighted by atomic mass is 19.1.